The SMILES string of the molecule is c1ccc2c(c1)O[As-]1(O2)Oc2ccccc2O1. The van der Waals surface area contributed by atoms with Gasteiger partial charge in [-0.3, -0.25) is 0 Å². The van der Waals surface area contributed by atoms with Gasteiger partial charge in [0.2, 0.25) is 0 Å². The Balaban J connectivity index is 1.72. The van der Waals surface area contributed by atoms with Crippen molar-refractivity contribution < 1.29 is 14.9 Å². The van der Waals surface area contributed by atoms with Crippen molar-refractivity contribution in [2.75, 3.05) is 0 Å². The van der Waals surface area contributed by atoms with Gasteiger partial charge in [0.25, 0.3) is 0 Å². The minimum atomic E-state index is -3.46. The molecular weight excluding hydrogens is 283 g/mol. The zero-order chi connectivity index (χ0) is 11.3. The quantitative estimate of drug-likeness (QED) is 0.698. The second-order valence-electron chi connectivity index (χ2n) is 3.71. The predicted octanol–water partition coefficient (Wildman–Crippen LogP) is 2.36. The van der Waals surface area contributed by atoms with Crippen molar-refractivity contribution in [3.63, 3.8) is 0 Å². The molecule has 2 heterocycles. The number of hydrogen-bond donors (Lipinski definition) is 0. The molecule has 17 heavy (non-hydrogen) atoms. The second kappa shape index (κ2) is 3.11. The molecule has 0 saturated heterocycles. The van der Waals surface area contributed by atoms with E-state index in [4.69, 9.17) is 14.9 Å². The van der Waals surface area contributed by atoms with E-state index in [0.29, 0.717) is 23.0 Å². The van der Waals surface area contributed by atoms with E-state index in [1.54, 1.807) is 0 Å². The van der Waals surface area contributed by atoms with Crippen LogP contribution in [0.1, 0.15) is 0 Å². The zero-order valence-corrected chi connectivity index (χ0v) is 10.6. The Labute approximate surface area is 102 Å². The molecule has 5 heteroatoms. The molecule has 4 nitrogen and oxygen atoms in total. The summed E-state index contributed by atoms with van der Waals surface area (Å²) in [4.78, 5) is 0. The topological polar surface area (TPSA) is 36.9 Å². The van der Waals surface area contributed by atoms with Gasteiger partial charge in [0, 0.05) is 0 Å². The molecule has 0 atom stereocenters. The summed E-state index contributed by atoms with van der Waals surface area (Å²) in [5, 5.41) is 0. The van der Waals surface area contributed by atoms with Crippen molar-refractivity contribution in [2.45, 2.75) is 0 Å². The molecule has 1 spiro atoms. The van der Waals surface area contributed by atoms with E-state index in [-0.39, 0.29) is 0 Å². The Morgan fingerprint density at radius 1 is 0.529 bits per heavy atom. The first-order valence-corrected chi connectivity index (χ1v) is 8.27. The molecule has 0 aliphatic carbocycles. The predicted molar refractivity (Wildman–Crippen MR) is 61.2 cm³/mol. The van der Waals surface area contributed by atoms with Gasteiger partial charge in [-0.25, -0.2) is 0 Å². The van der Waals surface area contributed by atoms with E-state index in [0.717, 1.165) is 0 Å². The average molecular weight is 291 g/mol. The molecular formula is C12H8AsO4-. The molecule has 0 fully saturated rings. The maximum atomic E-state index is 5.74. The van der Waals surface area contributed by atoms with E-state index in [1.165, 1.54) is 0 Å². The van der Waals surface area contributed by atoms with Crippen LogP contribution in [0.15, 0.2) is 48.5 Å². The Kier molecular flexibility index (Phi) is 1.69. The van der Waals surface area contributed by atoms with Crippen LogP contribution in [-0.4, -0.2) is 14.9 Å². The van der Waals surface area contributed by atoms with Crippen molar-refractivity contribution in [2.24, 2.45) is 0 Å². The Bertz CT molecular complexity index is 492. The first-order valence-electron chi connectivity index (χ1n) is 5.20. The van der Waals surface area contributed by atoms with Crippen LogP contribution in [0.3, 0.4) is 0 Å². The van der Waals surface area contributed by atoms with Gasteiger partial charge in [0.1, 0.15) is 0 Å². The molecule has 2 aromatic rings. The van der Waals surface area contributed by atoms with Crippen molar-refractivity contribution >= 4 is 14.9 Å². The van der Waals surface area contributed by atoms with Crippen LogP contribution in [0.4, 0.5) is 0 Å². The third kappa shape index (κ3) is 1.31. The fourth-order valence-electron chi connectivity index (χ4n) is 1.80. The Morgan fingerprint density at radius 2 is 0.824 bits per heavy atom. The van der Waals surface area contributed by atoms with Crippen LogP contribution in [0.5, 0.6) is 23.0 Å². The second-order valence-corrected chi connectivity index (χ2v) is 7.11. The molecule has 2 aliphatic rings. The monoisotopic (exact) mass is 291 g/mol. The first kappa shape index (κ1) is 9.25. The number of fused-ring (bicyclic) bond motifs is 2. The minimum absolute atomic E-state index is 0.688. The summed E-state index contributed by atoms with van der Waals surface area (Å²) in [5.74, 6) is 2.75. The van der Waals surface area contributed by atoms with Gasteiger partial charge in [-0.1, -0.05) is 0 Å². The summed E-state index contributed by atoms with van der Waals surface area (Å²) in [5.41, 5.74) is 0. The van der Waals surface area contributed by atoms with Crippen molar-refractivity contribution in [3.8, 4) is 23.0 Å². The molecule has 0 unspecified atom stereocenters. The Hall–Kier alpha value is -1.80. The van der Waals surface area contributed by atoms with Gasteiger partial charge >= 0.3 is 101 Å². The van der Waals surface area contributed by atoms with Gasteiger partial charge in [-0.15, -0.1) is 0 Å². The van der Waals surface area contributed by atoms with Gasteiger partial charge < -0.3 is 0 Å². The molecule has 0 bridgehead atoms. The van der Waals surface area contributed by atoms with Gasteiger partial charge in [-0.2, -0.15) is 0 Å². The van der Waals surface area contributed by atoms with E-state index in [2.05, 4.69) is 0 Å². The maximum absolute atomic E-state index is 5.74. The molecule has 0 amide bonds. The summed E-state index contributed by atoms with van der Waals surface area (Å²) in [7, 11) is 0. The van der Waals surface area contributed by atoms with E-state index >= 15 is 0 Å². The van der Waals surface area contributed by atoms with E-state index in [1.807, 2.05) is 48.5 Å². The number of para-hydroxylation sites is 4. The molecule has 2 aliphatic heterocycles. The van der Waals surface area contributed by atoms with Gasteiger partial charge in [-0.05, 0) is 0 Å². The van der Waals surface area contributed by atoms with Gasteiger partial charge in [0.15, 0.2) is 0 Å². The van der Waals surface area contributed by atoms with Crippen molar-refractivity contribution in [1.29, 1.82) is 0 Å². The summed E-state index contributed by atoms with van der Waals surface area (Å²) >= 11 is -3.46. The van der Waals surface area contributed by atoms with Crippen LogP contribution in [0, 0.1) is 0 Å². The summed E-state index contributed by atoms with van der Waals surface area (Å²) in [6, 6.07) is 15.0. The molecule has 0 saturated carbocycles. The summed E-state index contributed by atoms with van der Waals surface area (Å²) in [6.45, 7) is 0. The third-order valence-electron chi connectivity index (χ3n) is 2.54. The molecule has 0 aromatic heterocycles. The standard InChI is InChI=1S/C12H8AsO4/c1-2-6-10-9(5-1)14-13(15-10)16-11-7-3-4-8-12(11)17-13/h1-8H/q-1. The summed E-state index contributed by atoms with van der Waals surface area (Å²) in [6.07, 6.45) is 0. The number of rotatable bonds is 0. The molecule has 86 valence electrons. The van der Waals surface area contributed by atoms with Crippen molar-refractivity contribution in [3.05, 3.63) is 48.5 Å². The van der Waals surface area contributed by atoms with E-state index in [9.17, 15) is 0 Å². The average Bonchev–Trinajstić information content (AvgIpc) is 2.87. The molecule has 0 radical (unpaired) electrons. The van der Waals surface area contributed by atoms with Crippen LogP contribution in [0.2, 0.25) is 0 Å². The summed E-state index contributed by atoms with van der Waals surface area (Å²) < 4.78 is 23.0. The van der Waals surface area contributed by atoms with E-state index < -0.39 is 14.9 Å². The fourth-order valence-corrected chi connectivity index (χ4v) is 5.55. The first-order chi connectivity index (χ1) is 8.35. The number of benzene rings is 2. The van der Waals surface area contributed by atoms with Gasteiger partial charge in [0.05, 0.1) is 0 Å². The fraction of sp³-hybridized carbons (Fsp3) is 0. The molecule has 2 aromatic carbocycles. The molecule has 4 rings (SSSR count). The van der Waals surface area contributed by atoms with Crippen LogP contribution < -0.4 is 14.9 Å². The van der Waals surface area contributed by atoms with Crippen LogP contribution >= 0.6 is 0 Å². The van der Waals surface area contributed by atoms with Crippen LogP contribution in [0.25, 0.3) is 0 Å². The zero-order valence-electron chi connectivity index (χ0n) is 8.70. The Morgan fingerprint density at radius 3 is 1.12 bits per heavy atom. The normalized spacial score (nSPS) is 19.3. The van der Waals surface area contributed by atoms with Crippen molar-refractivity contribution in [1.82, 2.24) is 0 Å². The molecule has 0 N–H and O–H groups in total. The van der Waals surface area contributed by atoms with Crippen LogP contribution in [-0.2, 0) is 0 Å². The number of hydrogen-bond acceptors (Lipinski definition) is 4. The third-order valence-corrected chi connectivity index (χ3v) is 6.07.